The number of sulfonamides is 1. The molecule has 0 amide bonds. The first-order valence-electron chi connectivity index (χ1n) is 8.71. The minimum Gasteiger partial charge on any atom is -0.357 e. The van der Waals surface area contributed by atoms with Crippen molar-refractivity contribution in [3.8, 4) is 0 Å². The van der Waals surface area contributed by atoms with E-state index in [1.165, 1.54) is 5.56 Å². The fraction of sp³-hybridized carbons (Fsp3) is 0.389. The summed E-state index contributed by atoms with van der Waals surface area (Å²) in [7, 11) is -3.39. The quantitative estimate of drug-likeness (QED) is 0.284. The lowest BCUT2D eigenvalue weighted by Gasteiger charge is -2.12. The Hall–Kier alpha value is -1.17. The number of benzene rings is 1. The number of aliphatic imine (C=N–C) groups is 1. The van der Waals surface area contributed by atoms with Gasteiger partial charge in [-0.1, -0.05) is 12.1 Å². The van der Waals surface area contributed by atoms with Crippen molar-refractivity contribution in [3.63, 3.8) is 0 Å². The van der Waals surface area contributed by atoms with Crippen molar-refractivity contribution >= 4 is 51.3 Å². The molecule has 0 spiro atoms. The molecule has 1 heterocycles. The van der Waals surface area contributed by atoms with Gasteiger partial charge in [0.15, 0.2) is 5.96 Å². The summed E-state index contributed by atoms with van der Waals surface area (Å²) in [5, 5.41) is 10.6. The third-order valence-corrected chi connectivity index (χ3v) is 6.21. The Morgan fingerprint density at radius 3 is 2.48 bits per heavy atom. The lowest BCUT2D eigenvalue weighted by molar-refractivity contribution is 0.581. The highest BCUT2D eigenvalue weighted by molar-refractivity contribution is 14.0. The SMILES string of the molecule is CCNC(=NCc1ccsc1)NCc1ccc(S(=O)(=O)NC2CC2)cc1.I. The van der Waals surface area contributed by atoms with Gasteiger partial charge in [-0.05, 0) is 59.9 Å². The number of hydrogen-bond donors (Lipinski definition) is 3. The third-order valence-electron chi connectivity index (χ3n) is 3.94. The van der Waals surface area contributed by atoms with Crippen LogP contribution in [0.25, 0.3) is 0 Å². The Kier molecular flexibility index (Phi) is 8.52. The fourth-order valence-electron chi connectivity index (χ4n) is 2.36. The molecule has 27 heavy (non-hydrogen) atoms. The van der Waals surface area contributed by atoms with Crippen LogP contribution in [0.2, 0.25) is 0 Å². The predicted molar refractivity (Wildman–Crippen MR) is 121 cm³/mol. The van der Waals surface area contributed by atoms with Gasteiger partial charge in [-0.3, -0.25) is 0 Å². The number of thiophene rings is 1. The Bertz CT molecular complexity index is 833. The van der Waals surface area contributed by atoms with Crippen molar-refractivity contribution in [3.05, 3.63) is 52.2 Å². The molecule has 148 valence electrons. The highest BCUT2D eigenvalue weighted by Crippen LogP contribution is 2.22. The molecule has 1 saturated carbocycles. The molecule has 1 aliphatic carbocycles. The van der Waals surface area contributed by atoms with Crippen LogP contribution in [-0.4, -0.2) is 27.0 Å². The molecule has 3 N–H and O–H groups in total. The molecule has 0 unspecified atom stereocenters. The van der Waals surface area contributed by atoms with Crippen molar-refractivity contribution in [2.75, 3.05) is 6.54 Å². The first-order chi connectivity index (χ1) is 12.6. The van der Waals surface area contributed by atoms with Gasteiger partial charge in [-0.25, -0.2) is 18.1 Å². The number of halogens is 1. The van der Waals surface area contributed by atoms with Gasteiger partial charge in [0.1, 0.15) is 0 Å². The molecule has 1 aromatic carbocycles. The first kappa shape index (κ1) is 22.1. The summed E-state index contributed by atoms with van der Waals surface area (Å²) in [6, 6.07) is 9.14. The molecule has 0 bridgehead atoms. The van der Waals surface area contributed by atoms with E-state index < -0.39 is 10.0 Å². The summed E-state index contributed by atoms with van der Waals surface area (Å²) in [6.45, 7) is 4.00. The average Bonchev–Trinajstić information content (AvgIpc) is 3.27. The zero-order valence-electron chi connectivity index (χ0n) is 15.1. The fourth-order valence-corrected chi connectivity index (χ4v) is 4.32. The van der Waals surface area contributed by atoms with Crippen LogP contribution in [0.1, 0.15) is 30.9 Å². The van der Waals surface area contributed by atoms with Crippen LogP contribution in [-0.2, 0) is 23.1 Å². The number of rotatable bonds is 8. The van der Waals surface area contributed by atoms with Crippen molar-refractivity contribution in [1.82, 2.24) is 15.4 Å². The molecular formula is C18H25IN4O2S2. The van der Waals surface area contributed by atoms with E-state index in [1.54, 1.807) is 23.5 Å². The van der Waals surface area contributed by atoms with Crippen molar-refractivity contribution in [1.29, 1.82) is 0 Å². The summed E-state index contributed by atoms with van der Waals surface area (Å²) < 4.78 is 27.1. The second kappa shape index (κ2) is 10.4. The molecular weight excluding hydrogens is 495 g/mol. The summed E-state index contributed by atoms with van der Waals surface area (Å²) in [5.74, 6) is 0.741. The van der Waals surface area contributed by atoms with E-state index in [0.29, 0.717) is 18.0 Å². The number of nitrogens with zero attached hydrogens (tertiary/aromatic N) is 1. The van der Waals surface area contributed by atoms with Crippen LogP contribution in [0.15, 0.2) is 51.0 Å². The number of hydrogen-bond acceptors (Lipinski definition) is 4. The Labute approximate surface area is 181 Å². The van der Waals surface area contributed by atoms with E-state index in [-0.39, 0.29) is 30.0 Å². The highest BCUT2D eigenvalue weighted by Gasteiger charge is 2.27. The largest absolute Gasteiger partial charge is 0.357 e. The molecule has 1 fully saturated rings. The van der Waals surface area contributed by atoms with Crippen molar-refractivity contribution < 1.29 is 8.42 Å². The van der Waals surface area contributed by atoms with Gasteiger partial charge in [0.05, 0.1) is 11.4 Å². The molecule has 2 aromatic rings. The van der Waals surface area contributed by atoms with Crippen LogP contribution < -0.4 is 15.4 Å². The van der Waals surface area contributed by atoms with Crippen molar-refractivity contribution in [2.24, 2.45) is 4.99 Å². The molecule has 1 aliphatic rings. The maximum Gasteiger partial charge on any atom is 0.240 e. The van der Waals surface area contributed by atoms with Gasteiger partial charge in [-0.2, -0.15) is 11.3 Å². The van der Waals surface area contributed by atoms with E-state index in [2.05, 4.69) is 31.8 Å². The van der Waals surface area contributed by atoms with E-state index in [0.717, 1.165) is 30.9 Å². The smallest absolute Gasteiger partial charge is 0.240 e. The lowest BCUT2D eigenvalue weighted by Crippen LogP contribution is -2.36. The topological polar surface area (TPSA) is 82.6 Å². The maximum absolute atomic E-state index is 12.2. The normalized spacial score (nSPS) is 14.5. The summed E-state index contributed by atoms with van der Waals surface area (Å²) in [5.41, 5.74) is 2.18. The molecule has 0 radical (unpaired) electrons. The second-order valence-electron chi connectivity index (χ2n) is 6.22. The number of nitrogens with one attached hydrogen (secondary N) is 3. The predicted octanol–water partition coefficient (Wildman–Crippen LogP) is 3.06. The lowest BCUT2D eigenvalue weighted by atomic mass is 10.2. The molecule has 9 heteroatoms. The van der Waals surface area contributed by atoms with Crippen LogP contribution in [0.4, 0.5) is 0 Å². The zero-order chi connectivity index (χ0) is 18.4. The van der Waals surface area contributed by atoms with Gasteiger partial charge >= 0.3 is 0 Å². The Morgan fingerprint density at radius 2 is 1.89 bits per heavy atom. The maximum atomic E-state index is 12.2. The standard InChI is InChI=1S/C18H24N4O2S2.HI/c1-2-19-18(21-12-15-9-10-25-13-15)20-11-14-3-7-17(8-4-14)26(23,24)22-16-5-6-16;/h3-4,7-10,13,16,22H,2,5-6,11-12H2,1H3,(H2,19,20,21);1H. The summed E-state index contributed by atoms with van der Waals surface area (Å²) in [4.78, 5) is 4.87. The Morgan fingerprint density at radius 1 is 1.15 bits per heavy atom. The van der Waals surface area contributed by atoms with Gasteiger partial charge in [-0.15, -0.1) is 24.0 Å². The zero-order valence-corrected chi connectivity index (χ0v) is 19.1. The molecule has 1 aromatic heterocycles. The van der Waals surface area contributed by atoms with Gasteiger partial charge < -0.3 is 10.6 Å². The molecule has 6 nitrogen and oxygen atoms in total. The molecule has 0 saturated heterocycles. The minimum atomic E-state index is -3.39. The molecule has 0 atom stereocenters. The van der Waals surface area contributed by atoms with Crippen LogP contribution in [0.3, 0.4) is 0 Å². The van der Waals surface area contributed by atoms with E-state index >= 15 is 0 Å². The first-order valence-corrected chi connectivity index (χ1v) is 11.1. The van der Waals surface area contributed by atoms with E-state index in [1.807, 2.05) is 24.4 Å². The van der Waals surface area contributed by atoms with Gasteiger partial charge in [0, 0.05) is 19.1 Å². The average molecular weight is 520 g/mol. The van der Waals surface area contributed by atoms with E-state index in [9.17, 15) is 8.42 Å². The highest BCUT2D eigenvalue weighted by atomic mass is 127. The monoisotopic (exact) mass is 520 g/mol. The summed E-state index contributed by atoms with van der Waals surface area (Å²) >= 11 is 1.66. The third kappa shape index (κ3) is 7.05. The van der Waals surface area contributed by atoms with E-state index in [4.69, 9.17) is 0 Å². The number of guanidine groups is 1. The van der Waals surface area contributed by atoms with Gasteiger partial charge in [0.2, 0.25) is 10.0 Å². The second-order valence-corrected chi connectivity index (χ2v) is 8.71. The minimum absolute atomic E-state index is 0. The van der Waals surface area contributed by atoms with Crippen LogP contribution >= 0.6 is 35.3 Å². The van der Waals surface area contributed by atoms with Crippen molar-refractivity contribution in [2.45, 2.75) is 43.8 Å². The van der Waals surface area contributed by atoms with Gasteiger partial charge in [0.25, 0.3) is 0 Å². The van der Waals surface area contributed by atoms with Crippen LogP contribution in [0.5, 0.6) is 0 Å². The molecule has 0 aliphatic heterocycles. The molecule has 3 rings (SSSR count). The van der Waals surface area contributed by atoms with Crippen LogP contribution in [0, 0.1) is 0 Å². The summed E-state index contributed by atoms with van der Waals surface area (Å²) in [6.07, 6.45) is 1.86. The Balaban J connectivity index is 0.00000261.